The standard InChI is InChI=1S/C36H44N4O6/c1-40-31(24-26-12-6-5-7-13-26)36(44)37-22-10-3-4-11-23-46-32-15-9-8-14-29(32)34(42)39-30(20-21-33(40)41)35(43)38-25-27-16-18-28(45-2)19-17-27/h5-9,12-19,30-31H,3-4,10-11,20-25H2,1-2H3,(H,37,44)(H,38,43)(H,39,42)/t30-,31-/m0/s1. The lowest BCUT2D eigenvalue weighted by Gasteiger charge is -2.28. The zero-order valence-corrected chi connectivity index (χ0v) is 26.6. The van der Waals surface area contributed by atoms with Gasteiger partial charge in [-0.05, 0) is 54.7 Å². The van der Waals surface area contributed by atoms with Gasteiger partial charge in [0.2, 0.25) is 17.7 Å². The third kappa shape index (κ3) is 10.1. The summed E-state index contributed by atoms with van der Waals surface area (Å²) in [5.41, 5.74) is 2.10. The number of fused-ring (bicyclic) bond motifs is 1. The maximum atomic E-state index is 13.6. The molecule has 4 amide bonds. The van der Waals surface area contributed by atoms with Gasteiger partial charge in [0.15, 0.2) is 0 Å². The maximum Gasteiger partial charge on any atom is 0.255 e. The van der Waals surface area contributed by atoms with Crippen LogP contribution in [0.1, 0.15) is 60.0 Å². The zero-order chi connectivity index (χ0) is 32.7. The number of nitrogens with zero attached hydrogens (tertiary/aromatic N) is 1. The summed E-state index contributed by atoms with van der Waals surface area (Å²) in [5.74, 6) is -0.298. The Labute approximate surface area is 270 Å². The van der Waals surface area contributed by atoms with E-state index in [4.69, 9.17) is 9.47 Å². The van der Waals surface area contributed by atoms with Crippen LogP contribution < -0.4 is 25.4 Å². The summed E-state index contributed by atoms with van der Waals surface area (Å²) in [7, 11) is 3.20. The van der Waals surface area contributed by atoms with Crippen LogP contribution in [-0.2, 0) is 27.3 Å². The number of rotatable bonds is 6. The maximum absolute atomic E-state index is 13.6. The van der Waals surface area contributed by atoms with Gasteiger partial charge in [-0.1, -0.05) is 67.4 Å². The molecule has 2 atom stereocenters. The van der Waals surface area contributed by atoms with Crippen LogP contribution >= 0.6 is 0 Å². The molecule has 0 aromatic heterocycles. The van der Waals surface area contributed by atoms with Crippen molar-refractivity contribution in [1.82, 2.24) is 20.9 Å². The van der Waals surface area contributed by atoms with E-state index in [0.29, 0.717) is 36.6 Å². The molecule has 3 aromatic carbocycles. The van der Waals surface area contributed by atoms with E-state index < -0.39 is 23.9 Å². The first kappa shape index (κ1) is 34.0. The molecule has 0 bridgehead atoms. The molecule has 0 fully saturated rings. The minimum Gasteiger partial charge on any atom is -0.497 e. The lowest BCUT2D eigenvalue weighted by molar-refractivity contribution is -0.139. The average molecular weight is 629 g/mol. The Morgan fingerprint density at radius 2 is 1.63 bits per heavy atom. The second kappa shape index (κ2) is 17.6. The van der Waals surface area contributed by atoms with Crippen molar-refractivity contribution in [3.05, 3.63) is 95.6 Å². The number of hydrogen-bond donors (Lipinski definition) is 3. The Kier molecular flexibility index (Phi) is 13.0. The van der Waals surface area contributed by atoms with Crippen molar-refractivity contribution in [3.8, 4) is 11.5 Å². The third-order valence-corrected chi connectivity index (χ3v) is 8.09. The highest BCUT2D eigenvalue weighted by molar-refractivity contribution is 5.99. The van der Waals surface area contributed by atoms with Crippen molar-refractivity contribution in [3.63, 3.8) is 0 Å². The molecule has 1 aliphatic rings. The highest BCUT2D eigenvalue weighted by atomic mass is 16.5. The first-order chi connectivity index (χ1) is 22.4. The number of ether oxygens (including phenoxy) is 2. The topological polar surface area (TPSA) is 126 Å². The minimum absolute atomic E-state index is 0.0338. The van der Waals surface area contributed by atoms with E-state index in [9.17, 15) is 19.2 Å². The normalized spacial score (nSPS) is 18.8. The molecule has 46 heavy (non-hydrogen) atoms. The molecule has 0 radical (unpaired) electrons. The van der Waals surface area contributed by atoms with Crippen molar-refractivity contribution in [2.45, 2.75) is 63.6 Å². The fourth-order valence-corrected chi connectivity index (χ4v) is 5.29. The third-order valence-electron chi connectivity index (χ3n) is 8.09. The second-order valence-electron chi connectivity index (χ2n) is 11.4. The van der Waals surface area contributed by atoms with Crippen LogP contribution in [0, 0.1) is 0 Å². The van der Waals surface area contributed by atoms with Crippen molar-refractivity contribution >= 4 is 23.6 Å². The van der Waals surface area contributed by atoms with Crippen LogP contribution in [-0.4, -0.2) is 67.9 Å². The van der Waals surface area contributed by atoms with Gasteiger partial charge >= 0.3 is 0 Å². The van der Waals surface area contributed by atoms with Gasteiger partial charge in [-0.25, -0.2) is 0 Å². The van der Waals surface area contributed by atoms with E-state index in [1.807, 2.05) is 42.5 Å². The molecular formula is C36H44N4O6. The van der Waals surface area contributed by atoms with Crippen LogP contribution in [0.15, 0.2) is 78.9 Å². The predicted octanol–water partition coefficient (Wildman–Crippen LogP) is 4.03. The van der Waals surface area contributed by atoms with Crippen molar-refractivity contribution in [2.75, 3.05) is 27.3 Å². The predicted molar refractivity (Wildman–Crippen MR) is 175 cm³/mol. The number of para-hydroxylation sites is 1. The first-order valence-electron chi connectivity index (χ1n) is 15.9. The smallest absolute Gasteiger partial charge is 0.255 e. The number of hydrogen-bond acceptors (Lipinski definition) is 6. The number of benzene rings is 3. The van der Waals surface area contributed by atoms with Crippen LogP contribution in [0.5, 0.6) is 11.5 Å². The number of carbonyl (C=O) groups is 4. The number of nitrogens with one attached hydrogen (secondary N) is 3. The Bertz CT molecular complexity index is 1450. The summed E-state index contributed by atoms with van der Waals surface area (Å²) in [5, 5.41) is 8.73. The lowest BCUT2D eigenvalue weighted by atomic mass is 10.0. The van der Waals surface area contributed by atoms with Gasteiger partial charge in [0.05, 0.1) is 19.3 Å². The largest absolute Gasteiger partial charge is 0.497 e. The van der Waals surface area contributed by atoms with Gasteiger partial charge in [0.25, 0.3) is 5.91 Å². The van der Waals surface area contributed by atoms with Crippen LogP contribution in [0.25, 0.3) is 0 Å². The molecule has 0 unspecified atom stereocenters. The Balaban J connectivity index is 1.55. The van der Waals surface area contributed by atoms with E-state index in [1.54, 1.807) is 50.6 Å². The van der Waals surface area contributed by atoms with Gasteiger partial charge in [-0.3, -0.25) is 19.2 Å². The highest BCUT2D eigenvalue weighted by Crippen LogP contribution is 2.20. The molecule has 0 spiro atoms. The minimum atomic E-state index is -1.01. The van der Waals surface area contributed by atoms with Crippen LogP contribution in [0.4, 0.5) is 0 Å². The summed E-state index contributed by atoms with van der Waals surface area (Å²) in [6.45, 7) is 1.16. The van der Waals surface area contributed by atoms with Crippen LogP contribution in [0.2, 0.25) is 0 Å². The summed E-state index contributed by atoms with van der Waals surface area (Å²) in [6.07, 6.45) is 3.71. The molecular weight excluding hydrogens is 584 g/mol. The molecule has 4 rings (SSSR count). The molecule has 0 saturated heterocycles. The summed E-state index contributed by atoms with van der Waals surface area (Å²) in [6, 6.07) is 22.0. The molecule has 0 aliphatic carbocycles. The molecule has 3 N–H and O–H groups in total. The van der Waals surface area contributed by atoms with Crippen molar-refractivity contribution < 1.29 is 28.7 Å². The molecule has 3 aromatic rings. The van der Waals surface area contributed by atoms with Crippen molar-refractivity contribution in [1.29, 1.82) is 0 Å². The number of methoxy groups -OCH3 is 1. The average Bonchev–Trinajstić information content (AvgIpc) is 3.08. The Hall–Kier alpha value is -4.86. The quantitative estimate of drug-likeness (QED) is 0.379. The zero-order valence-electron chi connectivity index (χ0n) is 26.6. The van der Waals surface area contributed by atoms with Crippen molar-refractivity contribution in [2.24, 2.45) is 0 Å². The first-order valence-corrected chi connectivity index (χ1v) is 15.9. The van der Waals surface area contributed by atoms with E-state index >= 15 is 0 Å². The Morgan fingerprint density at radius 3 is 2.39 bits per heavy atom. The summed E-state index contributed by atoms with van der Waals surface area (Å²) in [4.78, 5) is 55.4. The molecule has 10 heteroatoms. The lowest BCUT2D eigenvalue weighted by Crippen LogP contribution is -2.50. The molecule has 1 heterocycles. The fraction of sp³-hybridized carbons (Fsp3) is 0.389. The van der Waals surface area contributed by atoms with E-state index in [1.165, 1.54) is 4.90 Å². The van der Waals surface area contributed by atoms with Gasteiger partial charge in [-0.2, -0.15) is 0 Å². The number of carbonyl (C=O) groups excluding carboxylic acids is 4. The molecule has 1 aliphatic heterocycles. The molecule has 10 nitrogen and oxygen atoms in total. The van der Waals surface area contributed by atoms with E-state index in [0.717, 1.165) is 36.8 Å². The monoisotopic (exact) mass is 628 g/mol. The highest BCUT2D eigenvalue weighted by Gasteiger charge is 2.29. The second-order valence-corrected chi connectivity index (χ2v) is 11.4. The van der Waals surface area contributed by atoms with Gasteiger partial charge < -0.3 is 30.3 Å². The van der Waals surface area contributed by atoms with Crippen LogP contribution in [0.3, 0.4) is 0 Å². The van der Waals surface area contributed by atoms with Gasteiger partial charge in [0.1, 0.15) is 23.6 Å². The number of likely N-dealkylation sites (N-methyl/N-ethyl adjacent to an activating group) is 1. The summed E-state index contributed by atoms with van der Waals surface area (Å²) < 4.78 is 11.2. The number of amides is 4. The summed E-state index contributed by atoms with van der Waals surface area (Å²) >= 11 is 0. The van der Waals surface area contributed by atoms with E-state index in [2.05, 4.69) is 16.0 Å². The SMILES string of the molecule is COc1ccc(CNC(=O)[C@@H]2CCC(=O)N(C)[C@@H](Cc3ccccc3)C(=O)NCCCCCCOc3ccccc3C(=O)N2)cc1. The Morgan fingerprint density at radius 1 is 0.913 bits per heavy atom. The molecule has 244 valence electrons. The fourth-order valence-electron chi connectivity index (χ4n) is 5.29. The molecule has 0 saturated carbocycles. The van der Waals surface area contributed by atoms with E-state index in [-0.39, 0.29) is 31.2 Å². The van der Waals surface area contributed by atoms with Gasteiger partial charge in [0, 0.05) is 33.0 Å². The van der Waals surface area contributed by atoms with Gasteiger partial charge in [-0.15, -0.1) is 0 Å².